The molecule has 0 aliphatic carbocycles. The SMILES string of the molecule is CC1CCC(CO)CN1CCC(C)(C)C#N. The molecule has 0 saturated carbocycles. The fraction of sp³-hybridized carbons (Fsp3) is 0.923. The van der Waals surface area contributed by atoms with Gasteiger partial charge in [-0.2, -0.15) is 5.26 Å². The Morgan fingerprint density at radius 1 is 1.44 bits per heavy atom. The zero-order valence-corrected chi connectivity index (χ0v) is 10.7. The number of nitriles is 1. The second kappa shape index (κ2) is 5.65. The molecular formula is C13H24N2O. The van der Waals surface area contributed by atoms with E-state index in [1.54, 1.807) is 0 Å². The smallest absolute Gasteiger partial charge is 0.0684 e. The Kier molecular flexibility index (Phi) is 4.76. The Morgan fingerprint density at radius 3 is 2.69 bits per heavy atom. The molecule has 1 fully saturated rings. The monoisotopic (exact) mass is 224 g/mol. The summed E-state index contributed by atoms with van der Waals surface area (Å²) in [6, 6.07) is 2.94. The second-order valence-corrected chi connectivity index (χ2v) is 5.72. The summed E-state index contributed by atoms with van der Waals surface area (Å²) in [5.41, 5.74) is -0.230. The van der Waals surface area contributed by atoms with Gasteiger partial charge in [-0.05, 0) is 52.5 Å². The number of rotatable bonds is 4. The summed E-state index contributed by atoms with van der Waals surface area (Å²) in [5, 5.41) is 18.2. The van der Waals surface area contributed by atoms with Crippen LogP contribution in [0.5, 0.6) is 0 Å². The van der Waals surface area contributed by atoms with Crippen LogP contribution in [0.1, 0.15) is 40.0 Å². The number of nitrogens with zero attached hydrogens (tertiary/aromatic N) is 2. The summed E-state index contributed by atoms with van der Waals surface area (Å²) in [7, 11) is 0. The predicted octanol–water partition coefficient (Wildman–Crippen LogP) is 2.02. The van der Waals surface area contributed by atoms with Gasteiger partial charge < -0.3 is 10.0 Å². The molecule has 92 valence electrons. The quantitative estimate of drug-likeness (QED) is 0.794. The molecule has 1 saturated heterocycles. The standard InChI is InChI=1S/C13H24N2O/c1-11-4-5-12(9-16)8-15(11)7-6-13(2,3)10-14/h11-12,16H,4-9H2,1-3H3. The summed E-state index contributed by atoms with van der Waals surface area (Å²) in [6.07, 6.45) is 3.21. The van der Waals surface area contributed by atoms with Gasteiger partial charge >= 0.3 is 0 Å². The number of aliphatic hydroxyl groups is 1. The molecule has 1 aliphatic heterocycles. The predicted molar refractivity (Wildman–Crippen MR) is 64.9 cm³/mol. The van der Waals surface area contributed by atoms with E-state index in [1.807, 2.05) is 13.8 Å². The van der Waals surface area contributed by atoms with Gasteiger partial charge in [-0.1, -0.05) is 0 Å². The molecule has 2 unspecified atom stereocenters. The first-order valence-corrected chi connectivity index (χ1v) is 6.24. The highest BCUT2D eigenvalue weighted by Gasteiger charge is 2.26. The molecule has 16 heavy (non-hydrogen) atoms. The Hall–Kier alpha value is -0.590. The van der Waals surface area contributed by atoms with Crippen LogP contribution >= 0.6 is 0 Å². The molecule has 0 aromatic carbocycles. The third-order valence-electron chi connectivity index (χ3n) is 3.69. The maximum Gasteiger partial charge on any atom is 0.0684 e. The zero-order valence-electron chi connectivity index (χ0n) is 10.7. The van der Waals surface area contributed by atoms with Crippen molar-refractivity contribution in [3.8, 4) is 6.07 Å². The Balaban J connectivity index is 2.43. The number of aliphatic hydroxyl groups excluding tert-OH is 1. The maximum atomic E-state index is 9.19. The highest BCUT2D eigenvalue weighted by Crippen LogP contribution is 2.25. The van der Waals surface area contributed by atoms with Crippen LogP contribution in [-0.2, 0) is 0 Å². The van der Waals surface area contributed by atoms with E-state index in [4.69, 9.17) is 5.26 Å². The highest BCUT2D eigenvalue weighted by molar-refractivity contribution is 4.92. The van der Waals surface area contributed by atoms with Crippen LogP contribution in [0.2, 0.25) is 0 Å². The van der Waals surface area contributed by atoms with Gasteiger partial charge in [0.05, 0.1) is 11.5 Å². The van der Waals surface area contributed by atoms with Gasteiger partial charge in [-0.3, -0.25) is 0 Å². The van der Waals surface area contributed by atoms with Crippen molar-refractivity contribution in [2.24, 2.45) is 11.3 Å². The van der Waals surface area contributed by atoms with Crippen LogP contribution in [0, 0.1) is 22.7 Å². The van der Waals surface area contributed by atoms with E-state index in [-0.39, 0.29) is 5.41 Å². The Bertz CT molecular complexity index is 257. The Labute approximate surface area is 99.1 Å². The third kappa shape index (κ3) is 3.77. The van der Waals surface area contributed by atoms with Crippen LogP contribution in [0.15, 0.2) is 0 Å². The summed E-state index contributed by atoms with van der Waals surface area (Å²) in [5.74, 6) is 0.432. The molecule has 3 nitrogen and oxygen atoms in total. The lowest BCUT2D eigenvalue weighted by molar-refractivity contribution is 0.0764. The molecule has 2 atom stereocenters. The molecular weight excluding hydrogens is 200 g/mol. The fourth-order valence-electron chi connectivity index (χ4n) is 2.20. The molecule has 1 heterocycles. The average molecular weight is 224 g/mol. The van der Waals surface area contributed by atoms with Crippen LogP contribution in [0.3, 0.4) is 0 Å². The van der Waals surface area contributed by atoms with Crippen LogP contribution < -0.4 is 0 Å². The van der Waals surface area contributed by atoms with Gasteiger partial charge in [0.15, 0.2) is 0 Å². The second-order valence-electron chi connectivity index (χ2n) is 5.72. The molecule has 0 radical (unpaired) electrons. The van der Waals surface area contributed by atoms with Gasteiger partial charge in [-0.15, -0.1) is 0 Å². The largest absolute Gasteiger partial charge is 0.396 e. The summed E-state index contributed by atoms with van der Waals surface area (Å²) >= 11 is 0. The van der Waals surface area contributed by atoms with Gasteiger partial charge in [0.1, 0.15) is 0 Å². The average Bonchev–Trinajstić information content (AvgIpc) is 2.28. The van der Waals surface area contributed by atoms with Crippen molar-refractivity contribution in [1.29, 1.82) is 5.26 Å². The van der Waals surface area contributed by atoms with Crippen molar-refractivity contribution >= 4 is 0 Å². The topological polar surface area (TPSA) is 47.3 Å². The van der Waals surface area contributed by atoms with Crippen molar-refractivity contribution in [1.82, 2.24) is 4.90 Å². The zero-order chi connectivity index (χ0) is 12.2. The minimum Gasteiger partial charge on any atom is -0.396 e. The van der Waals surface area contributed by atoms with E-state index in [2.05, 4.69) is 17.9 Å². The molecule has 0 spiro atoms. The van der Waals surface area contributed by atoms with E-state index >= 15 is 0 Å². The van der Waals surface area contributed by atoms with Crippen molar-refractivity contribution in [3.05, 3.63) is 0 Å². The number of likely N-dealkylation sites (tertiary alicyclic amines) is 1. The van der Waals surface area contributed by atoms with E-state index in [0.29, 0.717) is 18.6 Å². The van der Waals surface area contributed by atoms with Crippen LogP contribution in [-0.4, -0.2) is 35.7 Å². The summed E-state index contributed by atoms with van der Waals surface area (Å²) in [4.78, 5) is 2.42. The minimum atomic E-state index is -0.230. The molecule has 1 N–H and O–H groups in total. The first-order chi connectivity index (χ1) is 7.48. The van der Waals surface area contributed by atoms with E-state index < -0.39 is 0 Å². The molecule has 0 aromatic rings. The first kappa shape index (κ1) is 13.5. The molecule has 1 rings (SSSR count). The fourth-order valence-corrected chi connectivity index (χ4v) is 2.20. The highest BCUT2D eigenvalue weighted by atomic mass is 16.3. The van der Waals surface area contributed by atoms with Crippen molar-refractivity contribution < 1.29 is 5.11 Å². The summed E-state index contributed by atoms with van der Waals surface area (Å²) in [6.45, 7) is 8.48. The van der Waals surface area contributed by atoms with Crippen molar-refractivity contribution in [2.45, 2.75) is 46.1 Å². The molecule has 0 aromatic heterocycles. The summed E-state index contributed by atoms with van der Waals surface area (Å²) < 4.78 is 0. The molecule has 3 heteroatoms. The molecule has 0 bridgehead atoms. The number of hydrogen-bond donors (Lipinski definition) is 1. The van der Waals surface area contributed by atoms with E-state index in [0.717, 1.165) is 32.4 Å². The van der Waals surface area contributed by atoms with Crippen molar-refractivity contribution in [3.63, 3.8) is 0 Å². The lowest BCUT2D eigenvalue weighted by Gasteiger charge is -2.38. The van der Waals surface area contributed by atoms with Gasteiger partial charge in [0.2, 0.25) is 0 Å². The lowest BCUT2D eigenvalue weighted by atomic mass is 9.89. The number of hydrogen-bond acceptors (Lipinski definition) is 3. The van der Waals surface area contributed by atoms with Gasteiger partial charge in [0, 0.05) is 19.2 Å². The van der Waals surface area contributed by atoms with Gasteiger partial charge in [-0.25, -0.2) is 0 Å². The Morgan fingerprint density at radius 2 is 2.12 bits per heavy atom. The van der Waals surface area contributed by atoms with Crippen LogP contribution in [0.25, 0.3) is 0 Å². The maximum absolute atomic E-state index is 9.19. The first-order valence-electron chi connectivity index (χ1n) is 6.24. The van der Waals surface area contributed by atoms with E-state index in [9.17, 15) is 5.11 Å². The van der Waals surface area contributed by atoms with Crippen LogP contribution in [0.4, 0.5) is 0 Å². The van der Waals surface area contributed by atoms with E-state index in [1.165, 1.54) is 0 Å². The molecule has 1 aliphatic rings. The minimum absolute atomic E-state index is 0.230. The number of piperidine rings is 1. The third-order valence-corrected chi connectivity index (χ3v) is 3.69. The lowest BCUT2D eigenvalue weighted by Crippen LogP contribution is -2.44. The molecule has 0 amide bonds. The van der Waals surface area contributed by atoms with Gasteiger partial charge in [0.25, 0.3) is 0 Å². The normalized spacial score (nSPS) is 27.7. The van der Waals surface area contributed by atoms with Crippen molar-refractivity contribution in [2.75, 3.05) is 19.7 Å².